The molecule has 33 nitrogen and oxygen atoms in total. The molecule has 3 aliphatic heterocycles. The zero-order valence-electron chi connectivity index (χ0n) is 62.5. The summed E-state index contributed by atoms with van der Waals surface area (Å²) < 4.78 is 21.0. The summed E-state index contributed by atoms with van der Waals surface area (Å²) in [5, 5.41) is 32.1. The first-order valence-corrected chi connectivity index (χ1v) is 37.4. The van der Waals surface area contributed by atoms with Crippen LogP contribution in [0.1, 0.15) is 143 Å². The van der Waals surface area contributed by atoms with Crippen molar-refractivity contribution in [1.29, 1.82) is 0 Å². The van der Waals surface area contributed by atoms with Gasteiger partial charge in [-0.25, -0.2) is 15.0 Å². The number of amides is 9. The Morgan fingerprint density at radius 2 is 1.11 bits per heavy atom. The third kappa shape index (κ3) is 20.6. The van der Waals surface area contributed by atoms with Crippen LogP contribution in [0.4, 0.5) is 23.0 Å². The monoisotopic (exact) mass is 1540 g/mol. The van der Waals surface area contributed by atoms with Crippen LogP contribution in [-0.4, -0.2) is 207 Å². The van der Waals surface area contributed by atoms with Crippen LogP contribution in [0.25, 0.3) is 5.00 Å². The number of carbonyl (C=O) groups is 9. The van der Waals surface area contributed by atoms with Gasteiger partial charge in [0.05, 0.1) is 49.9 Å². The molecule has 1 aromatic carbocycles. The molecule has 10 heterocycles. The van der Waals surface area contributed by atoms with Crippen molar-refractivity contribution in [3.05, 3.63) is 141 Å². The number of benzene rings is 1. The number of nitrogens with one attached hydrogen (secondary N) is 8. The van der Waals surface area contributed by atoms with E-state index in [0.717, 1.165) is 78.5 Å². The quantitative estimate of drug-likeness (QED) is 0.0216. The molecule has 11 rings (SSSR count). The van der Waals surface area contributed by atoms with Gasteiger partial charge >= 0.3 is 0 Å². The van der Waals surface area contributed by atoms with E-state index in [1.54, 1.807) is 63.5 Å². The summed E-state index contributed by atoms with van der Waals surface area (Å²) in [7, 11) is 8.07. The standard InChI is InChI=1S/C75H89ClN22O11S/c1-46-47(2)110-75-64(46)65(51-13-15-52(76)16-14-51)84-55(66-90-89-48(3)98(66)75)41-63(102)97-31-22-50(23-32-97)12-10-9-11-49-20-29-96(30-21-49)34-36-109-38-37-108-35-28-77-60(99)17-24-81-72(105)68-87-58(44-94(68)7)85-61(100)18-25-80-71(104)57-40-54(43-93(57)6)83-74(107)69-88-59(45-95(69)8)86-62(101)19-26-79-70(103)56-39-53(42-92(56)5)82-73(106)67-78-27-33-91(67)4/h13-16,27,33,39-40,42-45,49-50,55H,17-26,28-32,34-38,41H2,1-8H3,(H,77,99)(H,79,103)(H,80,104)(H,81,105)(H,82,106)(H,83,107)(H,85,100)(H,86,101)/t55-/m0/s1. The number of aromatic nitrogens is 11. The zero-order valence-corrected chi connectivity index (χ0v) is 64.1. The molecule has 0 saturated carbocycles. The number of rotatable bonds is 30. The largest absolute Gasteiger partial charge is 0.378 e. The smallest absolute Gasteiger partial charge is 0.291 e. The number of carbonyl (C=O) groups excluding carboxylic acids is 9. The first-order valence-electron chi connectivity index (χ1n) is 36.2. The fraction of sp³-hybridized carbons (Fsp3) is 0.427. The van der Waals surface area contributed by atoms with Crippen molar-refractivity contribution in [2.24, 2.45) is 52.1 Å². The molecular weight excluding hydrogens is 1450 g/mol. The number of piperidine rings is 2. The van der Waals surface area contributed by atoms with Gasteiger partial charge in [-0.15, -0.1) is 21.5 Å². The summed E-state index contributed by atoms with van der Waals surface area (Å²) in [5.74, 6) is 11.4. The van der Waals surface area contributed by atoms with Crippen LogP contribution in [0.15, 0.2) is 78.6 Å². The van der Waals surface area contributed by atoms with E-state index in [9.17, 15) is 43.2 Å². The van der Waals surface area contributed by atoms with Gasteiger partial charge in [0, 0.05) is 170 Å². The molecule has 2 saturated heterocycles. The summed E-state index contributed by atoms with van der Waals surface area (Å²) in [6.45, 7) is 11.9. The summed E-state index contributed by atoms with van der Waals surface area (Å²) in [6.07, 6.45) is 12.5. The van der Waals surface area contributed by atoms with Crippen molar-refractivity contribution in [3.63, 3.8) is 0 Å². The summed E-state index contributed by atoms with van der Waals surface area (Å²) in [6, 6.07) is 10.1. The summed E-state index contributed by atoms with van der Waals surface area (Å²) in [5.41, 5.74) is 5.00. The van der Waals surface area contributed by atoms with Crippen LogP contribution in [0.3, 0.4) is 0 Å². The lowest BCUT2D eigenvalue weighted by Crippen LogP contribution is -2.38. The Balaban J connectivity index is 0.495. The van der Waals surface area contributed by atoms with Crippen molar-refractivity contribution in [3.8, 4) is 28.7 Å². The zero-order chi connectivity index (χ0) is 78.1. The van der Waals surface area contributed by atoms with E-state index in [1.807, 2.05) is 36.1 Å². The molecule has 8 aromatic rings. The number of thiophene rings is 1. The molecule has 9 amide bonds. The van der Waals surface area contributed by atoms with Gasteiger partial charge < -0.3 is 84.6 Å². The van der Waals surface area contributed by atoms with Crippen molar-refractivity contribution < 1.29 is 52.6 Å². The Kier molecular flexibility index (Phi) is 26.8. The van der Waals surface area contributed by atoms with Gasteiger partial charge in [0.1, 0.15) is 28.3 Å². The maximum Gasteiger partial charge on any atom is 0.291 e. The van der Waals surface area contributed by atoms with Crippen LogP contribution in [-0.2, 0) is 63.9 Å². The minimum absolute atomic E-state index is 0.00129. The normalized spacial score (nSPS) is 14.3. The fourth-order valence-electron chi connectivity index (χ4n) is 12.8. The molecule has 0 spiro atoms. The maximum absolute atomic E-state index is 14.0. The predicted octanol–water partition coefficient (Wildman–Crippen LogP) is 5.02. The first-order chi connectivity index (χ1) is 52.9. The van der Waals surface area contributed by atoms with Crippen LogP contribution in [0.2, 0.25) is 5.02 Å². The average molecular weight is 1540 g/mol. The van der Waals surface area contributed by atoms with Crippen LogP contribution < -0.4 is 42.5 Å². The Bertz CT molecular complexity index is 4900. The molecule has 578 valence electrons. The van der Waals surface area contributed by atoms with Gasteiger partial charge in [-0.3, -0.25) is 52.7 Å². The highest BCUT2D eigenvalue weighted by Gasteiger charge is 2.35. The molecule has 0 unspecified atom stereocenters. The molecule has 110 heavy (non-hydrogen) atoms. The first kappa shape index (κ1) is 79.5. The molecule has 0 radical (unpaired) electrons. The third-order valence-electron chi connectivity index (χ3n) is 18.9. The van der Waals surface area contributed by atoms with E-state index in [0.29, 0.717) is 49.4 Å². The highest BCUT2D eigenvalue weighted by molar-refractivity contribution is 7.15. The second kappa shape index (κ2) is 37.0. The minimum Gasteiger partial charge on any atom is -0.378 e. The molecule has 8 N–H and O–H groups in total. The minimum atomic E-state index is -0.636. The fourth-order valence-corrected chi connectivity index (χ4v) is 14.2. The number of ether oxygens (including phenoxy) is 2. The second-order valence-electron chi connectivity index (χ2n) is 26.9. The lowest BCUT2D eigenvalue weighted by molar-refractivity contribution is -0.132. The third-order valence-corrected chi connectivity index (χ3v) is 20.3. The van der Waals surface area contributed by atoms with E-state index >= 15 is 0 Å². The summed E-state index contributed by atoms with van der Waals surface area (Å²) in [4.78, 5) is 140. The number of hydrogen-bond donors (Lipinski definition) is 8. The number of nitrogens with zero attached hydrogens (tertiary/aromatic N) is 14. The Morgan fingerprint density at radius 3 is 1.68 bits per heavy atom. The molecule has 0 aliphatic carbocycles. The van der Waals surface area contributed by atoms with Gasteiger partial charge in [-0.2, -0.15) is 0 Å². The molecule has 1 atom stereocenters. The lowest BCUT2D eigenvalue weighted by atomic mass is 9.96. The van der Waals surface area contributed by atoms with E-state index in [-0.39, 0.29) is 128 Å². The number of aliphatic imine (C=N–C) groups is 1. The van der Waals surface area contributed by atoms with Crippen LogP contribution >= 0.6 is 22.9 Å². The summed E-state index contributed by atoms with van der Waals surface area (Å²) >= 11 is 7.98. The molecule has 35 heteroatoms. The average Bonchev–Trinajstić information content (AvgIpc) is 1.59. The van der Waals surface area contributed by atoms with Gasteiger partial charge in [0.25, 0.3) is 29.5 Å². The van der Waals surface area contributed by atoms with Gasteiger partial charge in [0.2, 0.25) is 35.3 Å². The van der Waals surface area contributed by atoms with Crippen LogP contribution in [0, 0.1) is 56.3 Å². The number of imidazole rings is 3. The van der Waals surface area contributed by atoms with E-state index < -0.39 is 47.4 Å². The highest BCUT2D eigenvalue weighted by Crippen LogP contribution is 2.40. The molecular formula is C75H89ClN22O11S. The van der Waals surface area contributed by atoms with Crippen LogP contribution in [0.5, 0.6) is 0 Å². The molecule has 7 aromatic heterocycles. The maximum atomic E-state index is 14.0. The van der Waals surface area contributed by atoms with Crippen molar-refractivity contribution >= 4 is 105 Å². The Labute approximate surface area is 644 Å². The predicted molar refractivity (Wildman–Crippen MR) is 411 cm³/mol. The van der Waals surface area contributed by atoms with E-state index in [2.05, 4.69) is 115 Å². The van der Waals surface area contributed by atoms with Crippen molar-refractivity contribution in [2.45, 2.75) is 78.2 Å². The topological polar surface area (TPSA) is 381 Å². The van der Waals surface area contributed by atoms with Crippen molar-refractivity contribution in [2.75, 3.05) is 107 Å². The molecule has 0 bridgehead atoms. The number of fused-ring (bicyclic) bond motifs is 3. The van der Waals surface area contributed by atoms with Gasteiger partial charge in [-0.1, -0.05) is 35.6 Å². The number of halogens is 1. The molecule has 2 fully saturated rings. The number of hydrogen-bond acceptors (Lipinski definition) is 19. The second-order valence-corrected chi connectivity index (χ2v) is 28.6. The molecule has 3 aliphatic rings. The lowest BCUT2D eigenvalue weighted by Gasteiger charge is -2.30. The SMILES string of the molecule is Cc1sc2c(c1C)C(c1ccc(Cl)cc1)=N[C@@H](CC(=O)N1CCC(C#CC#CC3CCN(CCOCCOCCNC(=O)CCNC(=O)c4nc(NC(=O)CCNC(=O)c5cc(NC(=O)c6nc(NC(=O)CCNC(=O)c7cc(NC(=O)c8nccn8C)cn7C)cn6C)cn5C)cn4C)CC3)CC1)c1nnc(C)n1-2. The van der Waals surface area contributed by atoms with Gasteiger partial charge in [-0.05, 0) is 101 Å². The number of likely N-dealkylation sites (tertiary alicyclic amines) is 2. The van der Waals surface area contributed by atoms with Gasteiger partial charge in [0.15, 0.2) is 23.3 Å². The Hall–Kier alpha value is -11.6. The van der Waals surface area contributed by atoms with Crippen molar-refractivity contribution in [1.82, 2.24) is 83.6 Å². The van der Waals surface area contributed by atoms with E-state index in [1.165, 1.54) is 60.1 Å². The number of aryl methyl sites for hydroxylation is 7. The van der Waals surface area contributed by atoms with E-state index in [4.69, 9.17) is 26.1 Å². The number of anilines is 4. The highest BCUT2D eigenvalue weighted by atomic mass is 35.5. The Morgan fingerprint density at radius 1 is 0.573 bits per heavy atom.